The summed E-state index contributed by atoms with van der Waals surface area (Å²) in [5.74, 6) is -3.35. The number of alkyl halides is 3. The van der Waals surface area contributed by atoms with E-state index in [4.69, 9.17) is 5.11 Å². The lowest BCUT2D eigenvalue weighted by atomic mass is 9.97. The first-order chi connectivity index (χ1) is 9.92. The Bertz CT molecular complexity index is 582. The molecular formula is C14H15F4NO3. The lowest BCUT2D eigenvalue weighted by Crippen LogP contribution is -2.43. The molecule has 0 atom stereocenters. The zero-order valence-electron chi connectivity index (χ0n) is 11.9. The van der Waals surface area contributed by atoms with Gasteiger partial charge in [0.2, 0.25) is 0 Å². The van der Waals surface area contributed by atoms with E-state index >= 15 is 0 Å². The molecular weight excluding hydrogens is 306 g/mol. The second kappa shape index (κ2) is 6.33. The highest BCUT2D eigenvalue weighted by atomic mass is 19.4. The van der Waals surface area contributed by atoms with Crippen molar-refractivity contribution in [2.75, 3.05) is 0 Å². The lowest BCUT2D eigenvalue weighted by Gasteiger charge is -2.25. The van der Waals surface area contributed by atoms with Crippen molar-refractivity contribution in [1.29, 1.82) is 0 Å². The smallest absolute Gasteiger partial charge is 0.419 e. The second-order valence-corrected chi connectivity index (χ2v) is 5.42. The summed E-state index contributed by atoms with van der Waals surface area (Å²) in [4.78, 5) is 22.5. The van der Waals surface area contributed by atoms with Crippen LogP contribution in [0.25, 0.3) is 0 Å². The van der Waals surface area contributed by atoms with E-state index in [0.717, 1.165) is 6.07 Å². The Morgan fingerprint density at radius 2 is 1.82 bits per heavy atom. The highest BCUT2D eigenvalue weighted by Gasteiger charge is 2.35. The van der Waals surface area contributed by atoms with Crippen LogP contribution in [0.4, 0.5) is 17.6 Å². The van der Waals surface area contributed by atoms with Crippen LogP contribution in [0.5, 0.6) is 0 Å². The van der Waals surface area contributed by atoms with E-state index in [-0.39, 0.29) is 18.4 Å². The summed E-state index contributed by atoms with van der Waals surface area (Å²) < 4.78 is 51.0. The van der Waals surface area contributed by atoms with E-state index < -0.39 is 35.0 Å². The largest absolute Gasteiger partial charge is 0.481 e. The predicted octanol–water partition coefficient (Wildman–Crippen LogP) is 3.22. The van der Waals surface area contributed by atoms with Crippen molar-refractivity contribution in [3.63, 3.8) is 0 Å². The summed E-state index contributed by atoms with van der Waals surface area (Å²) in [5, 5.41) is 11.0. The normalized spacial score (nSPS) is 12.1. The van der Waals surface area contributed by atoms with Gasteiger partial charge in [-0.3, -0.25) is 9.59 Å². The van der Waals surface area contributed by atoms with Gasteiger partial charge in [-0.15, -0.1) is 0 Å². The fourth-order valence-corrected chi connectivity index (χ4v) is 1.75. The highest BCUT2D eigenvalue weighted by molar-refractivity contribution is 5.94. The first kappa shape index (κ1) is 17.9. The quantitative estimate of drug-likeness (QED) is 0.818. The fraction of sp³-hybridized carbons (Fsp3) is 0.429. The molecule has 1 aromatic rings. The average molecular weight is 321 g/mol. The number of aliphatic carboxylic acids is 1. The second-order valence-electron chi connectivity index (χ2n) is 5.42. The molecule has 0 spiro atoms. The Kier molecular flexibility index (Phi) is 5.16. The summed E-state index contributed by atoms with van der Waals surface area (Å²) in [6, 6.07) is 1.94. The van der Waals surface area contributed by atoms with Crippen LogP contribution in [0.3, 0.4) is 0 Å². The van der Waals surface area contributed by atoms with Gasteiger partial charge in [0, 0.05) is 17.5 Å². The summed E-state index contributed by atoms with van der Waals surface area (Å²) in [7, 11) is 0. The molecule has 122 valence electrons. The van der Waals surface area contributed by atoms with E-state index in [2.05, 4.69) is 5.32 Å². The molecule has 0 heterocycles. The van der Waals surface area contributed by atoms with Crippen molar-refractivity contribution in [3.05, 3.63) is 35.1 Å². The Hall–Kier alpha value is -2.12. The summed E-state index contributed by atoms with van der Waals surface area (Å²) in [5.41, 5.74) is -2.80. The Labute approximate surface area is 124 Å². The van der Waals surface area contributed by atoms with Gasteiger partial charge in [0.15, 0.2) is 0 Å². The molecule has 0 aliphatic heterocycles. The number of nitrogens with one attached hydrogen (secondary N) is 1. The molecule has 0 radical (unpaired) electrons. The predicted molar refractivity (Wildman–Crippen MR) is 69.8 cm³/mol. The van der Waals surface area contributed by atoms with Crippen molar-refractivity contribution in [2.24, 2.45) is 0 Å². The topological polar surface area (TPSA) is 66.4 Å². The van der Waals surface area contributed by atoms with Crippen LogP contribution in [0.2, 0.25) is 0 Å². The van der Waals surface area contributed by atoms with Crippen molar-refractivity contribution in [2.45, 2.75) is 38.4 Å². The number of carbonyl (C=O) groups is 2. The molecule has 1 rings (SSSR count). The molecule has 8 heteroatoms. The number of amides is 1. The van der Waals surface area contributed by atoms with E-state index in [1.54, 1.807) is 13.8 Å². The molecule has 1 amide bonds. The molecule has 0 saturated carbocycles. The maximum Gasteiger partial charge on any atom is 0.419 e. The lowest BCUT2D eigenvalue weighted by molar-refractivity contribution is -0.140. The maximum atomic E-state index is 13.2. The number of carboxylic acid groups (broad SMARTS) is 1. The van der Waals surface area contributed by atoms with E-state index in [0.29, 0.717) is 12.1 Å². The molecule has 0 bridgehead atoms. The third-order valence-corrected chi connectivity index (χ3v) is 2.95. The van der Waals surface area contributed by atoms with Gasteiger partial charge in [0.05, 0.1) is 5.56 Å². The zero-order valence-corrected chi connectivity index (χ0v) is 11.9. The van der Waals surface area contributed by atoms with E-state index in [1.807, 2.05) is 0 Å². The summed E-state index contributed by atoms with van der Waals surface area (Å²) >= 11 is 0. The van der Waals surface area contributed by atoms with Crippen molar-refractivity contribution in [3.8, 4) is 0 Å². The van der Waals surface area contributed by atoms with Crippen molar-refractivity contribution < 1.29 is 32.3 Å². The van der Waals surface area contributed by atoms with Gasteiger partial charge in [0.25, 0.3) is 5.91 Å². The number of carbonyl (C=O) groups excluding carboxylic acids is 1. The van der Waals surface area contributed by atoms with Crippen LogP contribution in [-0.4, -0.2) is 22.5 Å². The summed E-state index contributed by atoms with van der Waals surface area (Å²) in [6.07, 6.45) is -5.01. The van der Waals surface area contributed by atoms with E-state index in [9.17, 15) is 27.2 Å². The van der Waals surface area contributed by atoms with Crippen LogP contribution >= 0.6 is 0 Å². The van der Waals surface area contributed by atoms with E-state index in [1.165, 1.54) is 0 Å². The SMILES string of the molecule is CC(C)(CCC(=O)O)NC(=O)c1ccc(F)c(C(F)(F)F)c1. The van der Waals surface area contributed by atoms with Crippen molar-refractivity contribution in [1.82, 2.24) is 5.32 Å². The first-order valence-electron chi connectivity index (χ1n) is 6.33. The van der Waals surface area contributed by atoms with Gasteiger partial charge in [-0.05, 0) is 38.5 Å². The van der Waals surface area contributed by atoms with Crippen molar-refractivity contribution >= 4 is 11.9 Å². The molecule has 1 aromatic carbocycles. The summed E-state index contributed by atoms with van der Waals surface area (Å²) in [6.45, 7) is 3.09. The monoisotopic (exact) mass is 321 g/mol. The maximum absolute atomic E-state index is 13.2. The minimum Gasteiger partial charge on any atom is -0.481 e. The fourth-order valence-electron chi connectivity index (χ4n) is 1.75. The van der Waals surface area contributed by atoms with Crippen LogP contribution in [0, 0.1) is 5.82 Å². The number of carboxylic acids is 1. The average Bonchev–Trinajstić information content (AvgIpc) is 2.35. The zero-order chi connectivity index (χ0) is 17.1. The number of rotatable bonds is 5. The van der Waals surface area contributed by atoms with Crippen LogP contribution in [-0.2, 0) is 11.0 Å². The third kappa shape index (κ3) is 5.01. The van der Waals surface area contributed by atoms with Gasteiger partial charge in [-0.2, -0.15) is 13.2 Å². The third-order valence-electron chi connectivity index (χ3n) is 2.95. The van der Waals surface area contributed by atoms with Gasteiger partial charge < -0.3 is 10.4 Å². The molecule has 4 nitrogen and oxygen atoms in total. The Morgan fingerprint density at radius 3 is 2.32 bits per heavy atom. The van der Waals surface area contributed by atoms with Crippen LogP contribution in [0.15, 0.2) is 18.2 Å². The standard InChI is InChI=1S/C14H15F4NO3/c1-13(2,6-5-11(20)21)19-12(22)8-3-4-10(15)9(7-8)14(16,17)18/h3-4,7H,5-6H2,1-2H3,(H,19,22)(H,20,21). The van der Waals surface area contributed by atoms with Gasteiger partial charge in [-0.1, -0.05) is 0 Å². The minimum atomic E-state index is -4.90. The highest BCUT2D eigenvalue weighted by Crippen LogP contribution is 2.32. The Morgan fingerprint density at radius 1 is 1.23 bits per heavy atom. The number of hydrogen-bond acceptors (Lipinski definition) is 2. The first-order valence-corrected chi connectivity index (χ1v) is 6.33. The van der Waals surface area contributed by atoms with Crippen LogP contribution < -0.4 is 5.32 Å². The molecule has 0 unspecified atom stereocenters. The minimum absolute atomic E-state index is 0.0986. The molecule has 0 saturated heterocycles. The molecule has 22 heavy (non-hydrogen) atoms. The van der Waals surface area contributed by atoms with Gasteiger partial charge in [-0.25, -0.2) is 4.39 Å². The number of halogens is 4. The molecule has 0 fully saturated rings. The molecule has 0 aromatic heterocycles. The van der Waals surface area contributed by atoms with Crippen LogP contribution in [0.1, 0.15) is 42.6 Å². The van der Waals surface area contributed by atoms with Gasteiger partial charge >= 0.3 is 12.1 Å². The molecule has 0 aliphatic rings. The Balaban J connectivity index is 2.92. The number of hydrogen-bond donors (Lipinski definition) is 2. The molecule has 0 aliphatic carbocycles. The molecule has 2 N–H and O–H groups in total. The van der Waals surface area contributed by atoms with Gasteiger partial charge in [0.1, 0.15) is 5.82 Å². The number of benzene rings is 1.